The quantitative estimate of drug-likeness (QED) is 0.124. The topological polar surface area (TPSA) is 311 Å². The first-order chi connectivity index (χ1) is 18.2. The Morgan fingerprint density at radius 1 is 0.737 bits per heavy atom. The van der Waals surface area contributed by atoms with Crippen LogP contribution >= 0.6 is 0 Å². The minimum absolute atomic E-state index is 0.634. The van der Waals surface area contributed by atoms with Crippen molar-refractivity contribution in [2.24, 2.45) is 40.3 Å². The lowest BCUT2D eigenvalue weighted by Crippen LogP contribution is -2.14. The summed E-state index contributed by atoms with van der Waals surface area (Å²) in [6.45, 7) is 7.59. The molecule has 0 aliphatic heterocycles. The summed E-state index contributed by atoms with van der Waals surface area (Å²) in [6, 6.07) is 0. The van der Waals surface area contributed by atoms with Crippen LogP contribution in [0.15, 0.2) is 66.0 Å². The molecule has 0 bridgehead atoms. The molecule has 0 fully saturated rings. The number of hydrogen-bond acceptors (Lipinski definition) is 20. The van der Waals surface area contributed by atoms with E-state index < -0.39 is 18.3 Å². The van der Waals surface area contributed by atoms with Gasteiger partial charge >= 0.3 is 5.97 Å². The van der Waals surface area contributed by atoms with E-state index in [0.717, 1.165) is 42.9 Å². The number of isocyanates is 8. The van der Waals surface area contributed by atoms with Crippen molar-refractivity contribution >= 4 is 54.6 Å². The Labute approximate surface area is 211 Å². The fourth-order valence-electron chi connectivity index (χ4n) is 0.520. The summed E-state index contributed by atoms with van der Waals surface area (Å²) >= 11 is 0. The molecule has 0 spiro atoms. The van der Waals surface area contributed by atoms with E-state index in [1.54, 1.807) is 0 Å². The van der Waals surface area contributed by atoms with Gasteiger partial charge in [0.2, 0.25) is 30.4 Å². The highest BCUT2D eigenvalue weighted by molar-refractivity contribution is 5.75. The van der Waals surface area contributed by atoms with Crippen molar-refractivity contribution in [3.63, 3.8) is 0 Å². The molecule has 38 heavy (non-hydrogen) atoms. The Kier molecular flexibility index (Phi) is 62.3. The SMILES string of the molecule is C=CON=C=O.C=COO.CC(N=C=O)N=C=O.CN=C=O.O=C=NC(N=C=O)C(=O)O.O=C=NN=C=O. The summed E-state index contributed by atoms with van der Waals surface area (Å²) in [6.07, 6.45) is 8.53. The van der Waals surface area contributed by atoms with Crippen LogP contribution < -0.4 is 0 Å². The molecule has 0 atom stereocenters. The maximum atomic E-state index is 9.93. The van der Waals surface area contributed by atoms with Gasteiger partial charge in [0.15, 0.2) is 6.17 Å². The van der Waals surface area contributed by atoms with Crippen LogP contribution in [0.4, 0.5) is 0 Å². The van der Waals surface area contributed by atoms with Crippen LogP contribution in [-0.2, 0) is 52.9 Å². The van der Waals surface area contributed by atoms with Gasteiger partial charge in [0, 0.05) is 12.2 Å². The molecule has 0 heterocycles. The smallest absolute Gasteiger partial charge is 0.352 e. The van der Waals surface area contributed by atoms with E-state index in [9.17, 15) is 24.0 Å². The van der Waals surface area contributed by atoms with Gasteiger partial charge in [-0.3, -0.25) is 0 Å². The van der Waals surface area contributed by atoms with Crippen molar-refractivity contribution < 1.29 is 63.2 Å². The zero-order valence-electron chi connectivity index (χ0n) is 19.2. The molecular weight excluding hydrogens is 524 g/mol. The van der Waals surface area contributed by atoms with Crippen LogP contribution in [0.3, 0.4) is 0 Å². The zero-order valence-corrected chi connectivity index (χ0v) is 19.2. The molecule has 21 heteroatoms. The minimum Gasteiger partial charge on any atom is -0.478 e. The number of carbonyl (C=O) groups is 1. The van der Waals surface area contributed by atoms with E-state index in [4.69, 9.17) is 29.5 Å². The molecule has 0 unspecified atom stereocenters. The number of aliphatic carboxylic acids is 1. The van der Waals surface area contributed by atoms with Gasteiger partial charge in [0.1, 0.15) is 12.5 Å². The third-order valence-corrected chi connectivity index (χ3v) is 1.51. The van der Waals surface area contributed by atoms with Crippen LogP contribution in [0, 0.1) is 0 Å². The molecule has 0 aliphatic carbocycles. The maximum absolute atomic E-state index is 9.93. The lowest BCUT2D eigenvalue weighted by molar-refractivity contribution is -0.186. The van der Waals surface area contributed by atoms with Crippen LogP contribution in [0.1, 0.15) is 6.92 Å². The van der Waals surface area contributed by atoms with Gasteiger partial charge in [-0.05, 0) is 6.92 Å². The standard InChI is InChI=1S/C4H2N2O4.C4H4N2O2.C3H3NO2.C2N2O2.C2H3NO.C2H4O2/c7-1-5-3(4(9)10)6-2-8;1-4(5-2-7)6-3-8;1-2-6-4-3-5;5-1-3-4-2-6;1-3-2-4;1-2-4-3/h3H,(H,9,10);4H,1H3;2H,1H2;;1H3;2-3H,1H2. The second-order valence-corrected chi connectivity index (χ2v) is 3.65. The largest absolute Gasteiger partial charge is 0.478 e. The van der Waals surface area contributed by atoms with Crippen molar-refractivity contribution in [2.75, 3.05) is 7.05 Å². The first-order valence-electron chi connectivity index (χ1n) is 8.05. The van der Waals surface area contributed by atoms with Gasteiger partial charge < -0.3 is 14.8 Å². The summed E-state index contributed by atoms with van der Waals surface area (Å²) in [5, 5.41) is 23.0. The van der Waals surface area contributed by atoms with E-state index in [1.807, 2.05) is 0 Å². The summed E-state index contributed by atoms with van der Waals surface area (Å²) < 4.78 is 0. The van der Waals surface area contributed by atoms with Gasteiger partial charge in [-0.2, -0.15) is 20.0 Å². The Morgan fingerprint density at radius 2 is 1.11 bits per heavy atom. The normalized spacial score (nSPS) is 7.55. The van der Waals surface area contributed by atoms with Crippen molar-refractivity contribution in [1.29, 1.82) is 0 Å². The average Bonchev–Trinajstić information content (AvgIpc) is 2.92. The number of carboxylic acids is 1. The van der Waals surface area contributed by atoms with Gasteiger partial charge in [-0.25, -0.2) is 53.4 Å². The van der Waals surface area contributed by atoms with Crippen molar-refractivity contribution in [2.45, 2.75) is 19.3 Å². The second-order valence-electron chi connectivity index (χ2n) is 3.65. The van der Waals surface area contributed by atoms with E-state index in [0.29, 0.717) is 0 Å². The molecule has 21 nitrogen and oxygen atoms in total. The molecular formula is C17H16N8O13. The summed E-state index contributed by atoms with van der Waals surface area (Å²) in [5.74, 6) is -1.49. The molecule has 0 amide bonds. The summed E-state index contributed by atoms with van der Waals surface area (Å²) in [5.41, 5.74) is 0. The number of hydrogen-bond donors (Lipinski definition) is 2. The lowest BCUT2D eigenvalue weighted by atomic mass is 10.5. The highest BCUT2D eigenvalue weighted by Crippen LogP contribution is 1.88. The van der Waals surface area contributed by atoms with Gasteiger partial charge in [-0.15, -0.1) is 0 Å². The first kappa shape index (κ1) is 45.1. The second kappa shape index (κ2) is 52.5. The Bertz CT molecular complexity index is 989. The Hall–Kier alpha value is -6.45. The Morgan fingerprint density at radius 3 is 1.26 bits per heavy atom. The maximum Gasteiger partial charge on any atom is 0.352 e. The molecule has 0 aromatic carbocycles. The first-order valence-corrected chi connectivity index (χ1v) is 8.05. The minimum atomic E-state index is -1.70. The van der Waals surface area contributed by atoms with E-state index >= 15 is 0 Å². The number of rotatable bonds is 9. The molecule has 0 saturated carbocycles. The van der Waals surface area contributed by atoms with Crippen LogP contribution in [-0.4, -0.2) is 84.4 Å². The van der Waals surface area contributed by atoms with Gasteiger partial charge in [0.25, 0.3) is 24.4 Å². The van der Waals surface area contributed by atoms with Crippen LogP contribution in [0.2, 0.25) is 0 Å². The predicted octanol–water partition coefficient (Wildman–Crippen LogP) is -0.385. The van der Waals surface area contributed by atoms with E-state index in [1.165, 1.54) is 32.2 Å². The molecule has 0 rings (SSSR count). The van der Waals surface area contributed by atoms with Crippen LogP contribution in [0.5, 0.6) is 0 Å². The molecule has 0 aromatic heterocycles. The zero-order chi connectivity index (χ0) is 30.9. The molecule has 0 radical (unpaired) electrons. The van der Waals surface area contributed by atoms with Gasteiger partial charge in [-0.1, -0.05) is 23.4 Å². The highest BCUT2D eigenvalue weighted by Gasteiger charge is 2.12. The predicted molar refractivity (Wildman–Crippen MR) is 117 cm³/mol. The third-order valence-electron chi connectivity index (χ3n) is 1.51. The van der Waals surface area contributed by atoms with Crippen molar-refractivity contribution in [1.82, 2.24) is 0 Å². The van der Waals surface area contributed by atoms with Crippen molar-refractivity contribution in [3.05, 3.63) is 25.7 Å². The number of carbonyl (C=O) groups excluding carboxylic acids is 8. The molecule has 0 aromatic rings. The Balaban J connectivity index is -0.0000000835. The highest BCUT2D eigenvalue weighted by atomic mass is 17.1. The fraction of sp³-hybridized carbons (Fsp3) is 0.235. The van der Waals surface area contributed by atoms with Crippen LogP contribution in [0.25, 0.3) is 0 Å². The van der Waals surface area contributed by atoms with E-state index in [2.05, 4.69) is 63.2 Å². The summed E-state index contributed by atoms with van der Waals surface area (Å²) in [7, 11) is 1.38. The monoisotopic (exact) mass is 540 g/mol. The number of aliphatic imine (C=N–C) groups is 5. The average molecular weight is 540 g/mol. The molecule has 202 valence electrons. The number of carboxylic acid groups (broad SMARTS) is 1. The van der Waals surface area contributed by atoms with Crippen molar-refractivity contribution in [3.8, 4) is 0 Å². The third kappa shape index (κ3) is 78.2. The lowest BCUT2D eigenvalue weighted by Gasteiger charge is -1.90. The fourth-order valence-corrected chi connectivity index (χ4v) is 0.520. The summed E-state index contributed by atoms with van der Waals surface area (Å²) in [4.78, 5) is 105. The van der Waals surface area contributed by atoms with E-state index in [-0.39, 0.29) is 0 Å². The molecule has 0 saturated heterocycles. The van der Waals surface area contributed by atoms with Gasteiger partial charge in [0.05, 0.1) is 0 Å². The number of nitrogens with zero attached hydrogens (tertiary/aromatic N) is 8. The molecule has 0 aliphatic rings. The molecule has 2 N–H and O–H groups in total.